The minimum atomic E-state index is -0.684. The van der Waals surface area contributed by atoms with Crippen LogP contribution < -0.4 is 0 Å². The average molecular weight is 444 g/mol. The van der Waals surface area contributed by atoms with Gasteiger partial charge in [0, 0.05) is 30.3 Å². The van der Waals surface area contributed by atoms with Crippen LogP contribution in [0.15, 0.2) is 47.0 Å². The third kappa shape index (κ3) is 3.86. The van der Waals surface area contributed by atoms with Crippen molar-refractivity contribution in [1.82, 2.24) is 15.0 Å². The number of likely N-dealkylation sites (tertiary alicyclic amines) is 1. The van der Waals surface area contributed by atoms with Gasteiger partial charge in [0.2, 0.25) is 5.82 Å². The van der Waals surface area contributed by atoms with Crippen molar-refractivity contribution < 1.29 is 14.4 Å². The summed E-state index contributed by atoms with van der Waals surface area (Å²) < 4.78 is 5.60. The number of nitrogens with zero attached hydrogens (tertiary/aromatic N) is 3. The zero-order chi connectivity index (χ0) is 22.4. The molecule has 1 N–H and O–H groups in total. The normalized spacial score (nSPS) is 21.6. The molecular weight excluding hydrogens is 414 g/mol. The highest BCUT2D eigenvalue weighted by Crippen LogP contribution is 2.41. The third-order valence-electron chi connectivity index (χ3n) is 7.81. The first kappa shape index (κ1) is 20.6. The number of hydrogen-bond acceptors (Lipinski definition) is 5. The molecule has 1 aromatic heterocycles. The van der Waals surface area contributed by atoms with E-state index in [2.05, 4.69) is 57.5 Å². The maximum Gasteiger partial charge on any atom is 0.309 e. The summed E-state index contributed by atoms with van der Waals surface area (Å²) in [7, 11) is 0. The van der Waals surface area contributed by atoms with Crippen LogP contribution in [-0.4, -0.2) is 39.2 Å². The lowest BCUT2D eigenvalue weighted by atomic mass is 9.84. The molecule has 1 aliphatic heterocycles. The van der Waals surface area contributed by atoms with Gasteiger partial charge in [0.15, 0.2) is 0 Å². The fraction of sp³-hybridized carbons (Fsp3) is 0.444. The number of fused-ring (bicyclic) bond motifs is 1. The smallest absolute Gasteiger partial charge is 0.309 e. The Morgan fingerprint density at radius 2 is 1.73 bits per heavy atom. The molecule has 3 aromatic rings. The van der Waals surface area contributed by atoms with Crippen LogP contribution in [0.3, 0.4) is 0 Å². The summed E-state index contributed by atoms with van der Waals surface area (Å²) in [4.78, 5) is 18.1. The fourth-order valence-electron chi connectivity index (χ4n) is 5.83. The predicted octanol–water partition coefficient (Wildman–Crippen LogP) is 5.46. The van der Waals surface area contributed by atoms with Crippen molar-refractivity contribution in [2.75, 3.05) is 13.1 Å². The molecule has 0 spiro atoms. The number of hydrogen-bond donors (Lipinski definition) is 1. The van der Waals surface area contributed by atoms with Crippen molar-refractivity contribution in [3.05, 3.63) is 59.2 Å². The number of carboxylic acids is 1. The van der Waals surface area contributed by atoms with Crippen molar-refractivity contribution >= 4 is 5.97 Å². The van der Waals surface area contributed by atoms with E-state index in [1.165, 1.54) is 48.8 Å². The standard InChI is InChI=1S/C27H29N3O3/c31-27(32)22-15-30(16-22)24-13-11-20-14-21(10-12-23(20)24)25-28-26(33-29-25)19-8-6-18(7-9-19)17-4-2-1-3-5-17/h6-10,12,14,17,22,24H,1-5,11,13,15-16H2,(H,31,32). The van der Waals surface area contributed by atoms with Crippen LogP contribution in [0.5, 0.6) is 0 Å². The Hall–Kier alpha value is -2.99. The van der Waals surface area contributed by atoms with Crippen LogP contribution in [0, 0.1) is 5.92 Å². The lowest BCUT2D eigenvalue weighted by Crippen LogP contribution is -2.51. The molecule has 170 valence electrons. The quantitative estimate of drug-likeness (QED) is 0.564. The molecule has 2 aromatic carbocycles. The zero-order valence-corrected chi connectivity index (χ0v) is 18.7. The highest BCUT2D eigenvalue weighted by atomic mass is 16.5. The molecule has 1 saturated carbocycles. The molecule has 3 aliphatic rings. The molecular formula is C27H29N3O3. The number of carboxylic acid groups (broad SMARTS) is 1. The van der Waals surface area contributed by atoms with Crippen LogP contribution in [0.1, 0.15) is 67.2 Å². The zero-order valence-electron chi connectivity index (χ0n) is 18.7. The first-order chi connectivity index (χ1) is 16.2. The molecule has 0 amide bonds. The van der Waals surface area contributed by atoms with Gasteiger partial charge in [-0.3, -0.25) is 9.69 Å². The monoisotopic (exact) mass is 443 g/mol. The van der Waals surface area contributed by atoms with E-state index in [0.717, 1.165) is 24.0 Å². The number of aryl methyl sites for hydroxylation is 1. The van der Waals surface area contributed by atoms with Crippen molar-refractivity contribution in [2.24, 2.45) is 5.92 Å². The largest absolute Gasteiger partial charge is 0.481 e. The van der Waals surface area contributed by atoms with Crippen LogP contribution in [-0.2, 0) is 11.2 Å². The fourth-order valence-corrected chi connectivity index (χ4v) is 5.83. The minimum Gasteiger partial charge on any atom is -0.481 e. The molecule has 1 unspecified atom stereocenters. The molecule has 6 heteroatoms. The predicted molar refractivity (Wildman–Crippen MR) is 125 cm³/mol. The number of rotatable bonds is 5. The number of carbonyl (C=O) groups is 1. The highest BCUT2D eigenvalue weighted by Gasteiger charge is 2.39. The SMILES string of the molecule is O=C(O)C1CN(C2CCc3cc(-c4noc(-c5ccc(C6CCCCC6)cc5)n4)ccc32)C1. The number of benzene rings is 2. The molecule has 6 nitrogen and oxygen atoms in total. The molecule has 2 heterocycles. The van der Waals surface area contributed by atoms with Gasteiger partial charge in [-0.1, -0.05) is 48.7 Å². The highest BCUT2D eigenvalue weighted by molar-refractivity contribution is 5.71. The van der Waals surface area contributed by atoms with E-state index in [0.29, 0.717) is 36.8 Å². The van der Waals surface area contributed by atoms with Crippen LogP contribution >= 0.6 is 0 Å². The van der Waals surface area contributed by atoms with E-state index >= 15 is 0 Å². The van der Waals surface area contributed by atoms with Gasteiger partial charge in [-0.15, -0.1) is 0 Å². The summed E-state index contributed by atoms with van der Waals surface area (Å²) in [6.07, 6.45) is 8.66. The number of aliphatic carboxylic acids is 1. The Balaban J connectivity index is 1.17. The Kier molecular flexibility index (Phi) is 5.25. The second kappa shape index (κ2) is 8.41. The molecule has 2 aliphatic carbocycles. The van der Waals surface area contributed by atoms with Crippen LogP contribution in [0.25, 0.3) is 22.8 Å². The lowest BCUT2D eigenvalue weighted by molar-refractivity contribution is -0.148. The van der Waals surface area contributed by atoms with E-state index in [1.807, 2.05) is 0 Å². The summed E-state index contributed by atoms with van der Waals surface area (Å²) in [6.45, 7) is 1.30. The maximum absolute atomic E-state index is 11.1. The Labute approximate surface area is 193 Å². The summed E-state index contributed by atoms with van der Waals surface area (Å²) in [5.74, 6) is 0.952. The van der Waals surface area contributed by atoms with Crippen LogP contribution in [0.4, 0.5) is 0 Å². The molecule has 0 radical (unpaired) electrons. The lowest BCUT2D eigenvalue weighted by Gasteiger charge is -2.41. The molecule has 6 rings (SSSR count). The van der Waals surface area contributed by atoms with Crippen molar-refractivity contribution in [3.63, 3.8) is 0 Å². The summed E-state index contributed by atoms with van der Waals surface area (Å²) in [6, 6.07) is 15.4. The molecule has 1 saturated heterocycles. The van der Waals surface area contributed by atoms with Gasteiger partial charge in [0.25, 0.3) is 5.89 Å². The molecule has 2 fully saturated rings. The second-order valence-electron chi connectivity index (χ2n) is 9.84. The summed E-state index contributed by atoms with van der Waals surface area (Å²) >= 11 is 0. The topological polar surface area (TPSA) is 79.5 Å². The van der Waals surface area contributed by atoms with Crippen LogP contribution in [0.2, 0.25) is 0 Å². The minimum absolute atomic E-state index is 0.220. The van der Waals surface area contributed by atoms with Gasteiger partial charge in [-0.25, -0.2) is 0 Å². The van der Waals surface area contributed by atoms with Crippen molar-refractivity contribution in [2.45, 2.75) is 56.9 Å². The molecule has 0 bridgehead atoms. The number of aromatic nitrogens is 2. The summed E-state index contributed by atoms with van der Waals surface area (Å²) in [5.41, 5.74) is 5.96. The molecule has 33 heavy (non-hydrogen) atoms. The maximum atomic E-state index is 11.1. The first-order valence-corrected chi connectivity index (χ1v) is 12.2. The van der Waals surface area contributed by atoms with Gasteiger partial charge < -0.3 is 9.63 Å². The van der Waals surface area contributed by atoms with E-state index in [9.17, 15) is 4.79 Å². The second-order valence-corrected chi connectivity index (χ2v) is 9.84. The van der Waals surface area contributed by atoms with Gasteiger partial charge in [0.05, 0.1) is 5.92 Å². The summed E-state index contributed by atoms with van der Waals surface area (Å²) in [5, 5.41) is 13.4. The van der Waals surface area contributed by atoms with Crippen molar-refractivity contribution in [1.29, 1.82) is 0 Å². The average Bonchev–Trinajstić information content (AvgIpc) is 3.46. The van der Waals surface area contributed by atoms with Gasteiger partial charge in [-0.2, -0.15) is 4.98 Å². The molecule has 1 atom stereocenters. The third-order valence-corrected chi connectivity index (χ3v) is 7.81. The Bertz CT molecular complexity index is 1160. The van der Waals surface area contributed by atoms with Gasteiger partial charge in [-0.05, 0) is 66.5 Å². The van der Waals surface area contributed by atoms with Gasteiger partial charge >= 0.3 is 5.97 Å². The first-order valence-electron chi connectivity index (χ1n) is 12.2. The Morgan fingerprint density at radius 3 is 2.48 bits per heavy atom. The van der Waals surface area contributed by atoms with Crippen molar-refractivity contribution in [3.8, 4) is 22.8 Å². The van der Waals surface area contributed by atoms with E-state index in [-0.39, 0.29) is 5.92 Å². The Morgan fingerprint density at radius 1 is 0.970 bits per heavy atom. The van der Waals surface area contributed by atoms with Gasteiger partial charge in [0.1, 0.15) is 0 Å². The van der Waals surface area contributed by atoms with E-state index in [4.69, 9.17) is 9.63 Å². The van der Waals surface area contributed by atoms with E-state index in [1.54, 1.807) is 0 Å². The van der Waals surface area contributed by atoms with E-state index < -0.39 is 5.97 Å².